The average Bonchev–Trinajstić information content (AvgIpc) is 3.12. The molecule has 20 heavy (non-hydrogen) atoms. The molecule has 0 saturated heterocycles. The van der Waals surface area contributed by atoms with Crippen molar-refractivity contribution >= 4 is 0 Å². The smallest absolute Gasteiger partial charge is 0.0964 e. The van der Waals surface area contributed by atoms with Crippen molar-refractivity contribution in [3.8, 4) is 0 Å². The van der Waals surface area contributed by atoms with E-state index < -0.39 is 0 Å². The van der Waals surface area contributed by atoms with Gasteiger partial charge >= 0.3 is 0 Å². The van der Waals surface area contributed by atoms with E-state index in [1.165, 1.54) is 25.7 Å². The molecule has 0 atom stereocenters. The number of hydrogen-bond acceptors (Lipinski definition) is 4. The maximum absolute atomic E-state index is 4.23. The van der Waals surface area contributed by atoms with Gasteiger partial charge in [0.2, 0.25) is 0 Å². The highest BCUT2D eigenvalue weighted by molar-refractivity contribution is 4.91. The van der Waals surface area contributed by atoms with Gasteiger partial charge in [-0.3, -0.25) is 9.58 Å². The lowest BCUT2D eigenvalue weighted by Gasteiger charge is -2.27. The van der Waals surface area contributed by atoms with Crippen LogP contribution in [0.5, 0.6) is 0 Å². The highest BCUT2D eigenvalue weighted by Gasteiger charge is 2.20. The van der Waals surface area contributed by atoms with Crippen LogP contribution in [0.1, 0.15) is 51.6 Å². The molecule has 1 N–H and O–H groups in total. The normalized spacial score (nSPS) is 16.4. The first-order valence-corrected chi connectivity index (χ1v) is 8.17. The Kier molecular flexibility index (Phi) is 6.47. The molecule has 0 aromatic carbocycles. The number of nitrogens with zero attached hydrogens (tertiary/aromatic N) is 4. The first kappa shape index (κ1) is 15.4. The third-order valence-electron chi connectivity index (χ3n) is 4.18. The van der Waals surface area contributed by atoms with Crippen molar-refractivity contribution in [3.05, 3.63) is 11.9 Å². The van der Waals surface area contributed by atoms with E-state index in [0.29, 0.717) is 0 Å². The van der Waals surface area contributed by atoms with Crippen molar-refractivity contribution < 1.29 is 0 Å². The van der Waals surface area contributed by atoms with Gasteiger partial charge in [0.05, 0.1) is 12.2 Å². The summed E-state index contributed by atoms with van der Waals surface area (Å²) in [6, 6.07) is 0.800. The minimum Gasteiger partial charge on any atom is -0.311 e. The van der Waals surface area contributed by atoms with E-state index >= 15 is 0 Å². The third-order valence-corrected chi connectivity index (χ3v) is 4.18. The lowest BCUT2D eigenvalue weighted by atomic mass is 10.2. The fraction of sp³-hybridized carbons (Fsp3) is 0.867. The minimum atomic E-state index is 0.800. The van der Waals surface area contributed by atoms with Crippen molar-refractivity contribution in [2.24, 2.45) is 0 Å². The molecule has 2 rings (SSSR count). The van der Waals surface area contributed by atoms with E-state index in [1.54, 1.807) is 0 Å². The Balaban J connectivity index is 1.74. The van der Waals surface area contributed by atoms with Gasteiger partial charge in [0.25, 0.3) is 0 Å². The van der Waals surface area contributed by atoms with Crippen LogP contribution in [0, 0.1) is 0 Å². The molecule has 0 spiro atoms. The monoisotopic (exact) mass is 279 g/mol. The van der Waals surface area contributed by atoms with Crippen LogP contribution in [-0.2, 0) is 13.1 Å². The zero-order valence-electron chi connectivity index (χ0n) is 13.0. The fourth-order valence-corrected chi connectivity index (χ4v) is 3.02. The number of rotatable bonds is 9. The molecule has 1 fully saturated rings. The number of aromatic nitrogens is 3. The summed E-state index contributed by atoms with van der Waals surface area (Å²) in [6.07, 6.45) is 8.77. The molecule has 1 aliphatic rings. The zero-order chi connectivity index (χ0) is 14.2. The van der Waals surface area contributed by atoms with E-state index in [1.807, 2.05) is 4.68 Å². The summed E-state index contributed by atoms with van der Waals surface area (Å²) in [4.78, 5) is 2.60. The molecule has 0 radical (unpaired) electrons. The first-order valence-electron chi connectivity index (χ1n) is 8.17. The summed E-state index contributed by atoms with van der Waals surface area (Å²) < 4.78 is 1.99. The number of nitrogens with one attached hydrogen (secondary N) is 1. The second-order valence-electron chi connectivity index (χ2n) is 5.72. The fourth-order valence-electron chi connectivity index (χ4n) is 3.02. The molecule has 114 valence electrons. The second kappa shape index (κ2) is 8.37. The Labute approximate surface area is 122 Å². The highest BCUT2D eigenvalue weighted by atomic mass is 15.4. The van der Waals surface area contributed by atoms with E-state index in [4.69, 9.17) is 0 Å². The van der Waals surface area contributed by atoms with Gasteiger partial charge in [-0.25, -0.2) is 0 Å². The van der Waals surface area contributed by atoms with Crippen LogP contribution >= 0.6 is 0 Å². The third kappa shape index (κ3) is 4.56. The summed E-state index contributed by atoms with van der Waals surface area (Å²) >= 11 is 0. The van der Waals surface area contributed by atoms with E-state index in [0.717, 1.165) is 50.9 Å². The van der Waals surface area contributed by atoms with E-state index in [-0.39, 0.29) is 0 Å². The molecule has 1 saturated carbocycles. The van der Waals surface area contributed by atoms with Crippen LogP contribution in [0.15, 0.2) is 6.20 Å². The number of likely N-dealkylation sites (N-methyl/N-ethyl adjacent to an activating group) is 1. The molecule has 0 amide bonds. The molecule has 1 aromatic rings. The van der Waals surface area contributed by atoms with Gasteiger partial charge in [-0.15, -0.1) is 5.10 Å². The van der Waals surface area contributed by atoms with Crippen molar-refractivity contribution in [1.82, 2.24) is 25.2 Å². The maximum Gasteiger partial charge on any atom is 0.0964 e. The van der Waals surface area contributed by atoms with E-state index in [2.05, 4.69) is 40.6 Å². The van der Waals surface area contributed by atoms with Gasteiger partial charge in [-0.1, -0.05) is 31.9 Å². The van der Waals surface area contributed by atoms with Gasteiger partial charge in [0.15, 0.2) is 0 Å². The highest BCUT2D eigenvalue weighted by Crippen LogP contribution is 2.23. The summed E-state index contributed by atoms with van der Waals surface area (Å²) in [5.74, 6) is 0. The van der Waals surface area contributed by atoms with Crippen LogP contribution in [0.3, 0.4) is 0 Å². The van der Waals surface area contributed by atoms with E-state index in [9.17, 15) is 0 Å². The number of hydrogen-bond donors (Lipinski definition) is 1. The predicted octanol–water partition coefficient (Wildman–Crippen LogP) is 2.04. The molecular weight excluding hydrogens is 250 g/mol. The molecule has 0 bridgehead atoms. The van der Waals surface area contributed by atoms with Crippen molar-refractivity contribution in [1.29, 1.82) is 0 Å². The van der Waals surface area contributed by atoms with Crippen molar-refractivity contribution in [2.45, 2.75) is 65.1 Å². The van der Waals surface area contributed by atoms with Crippen LogP contribution in [0.4, 0.5) is 0 Å². The summed E-state index contributed by atoms with van der Waals surface area (Å²) in [6.45, 7) is 9.49. The van der Waals surface area contributed by atoms with Gasteiger partial charge in [-0.05, 0) is 32.4 Å². The zero-order valence-corrected chi connectivity index (χ0v) is 13.0. The molecule has 0 aliphatic heterocycles. The van der Waals surface area contributed by atoms with Gasteiger partial charge < -0.3 is 5.32 Å². The molecule has 1 aliphatic carbocycles. The SMILES string of the molecule is CCCNCc1cn(CCN(CC)C2CCCC2)nn1. The summed E-state index contributed by atoms with van der Waals surface area (Å²) in [5, 5.41) is 11.8. The quantitative estimate of drug-likeness (QED) is 0.703. The molecule has 0 unspecified atom stereocenters. The molecular formula is C15H29N5. The minimum absolute atomic E-state index is 0.800. The van der Waals surface area contributed by atoms with Crippen LogP contribution < -0.4 is 5.32 Å². The molecule has 5 nitrogen and oxygen atoms in total. The Bertz CT molecular complexity index is 370. The topological polar surface area (TPSA) is 46.0 Å². The lowest BCUT2D eigenvalue weighted by molar-refractivity contribution is 0.198. The molecule has 1 aromatic heterocycles. The van der Waals surface area contributed by atoms with Crippen LogP contribution in [-0.4, -0.2) is 45.6 Å². The van der Waals surface area contributed by atoms with Crippen LogP contribution in [0.25, 0.3) is 0 Å². The maximum atomic E-state index is 4.23. The molecule has 1 heterocycles. The Morgan fingerprint density at radius 2 is 2.15 bits per heavy atom. The van der Waals surface area contributed by atoms with Crippen LogP contribution in [0.2, 0.25) is 0 Å². The van der Waals surface area contributed by atoms with Gasteiger partial charge in [-0.2, -0.15) is 0 Å². The van der Waals surface area contributed by atoms with Crippen molar-refractivity contribution in [2.75, 3.05) is 19.6 Å². The largest absolute Gasteiger partial charge is 0.311 e. The Morgan fingerprint density at radius 1 is 1.35 bits per heavy atom. The molecule has 5 heteroatoms. The van der Waals surface area contributed by atoms with Crippen molar-refractivity contribution in [3.63, 3.8) is 0 Å². The summed E-state index contributed by atoms with van der Waals surface area (Å²) in [7, 11) is 0. The standard InChI is InChI=1S/C15H29N5/c1-3-9-16-12-14-13-20(18-17-14)11-10-19(4-2)15-7-5-6-8-15/h13,15-16H,3-12H2,1-2H3. The predicted molar refractivity (Wildman–Crippen MR) is 81.5 cm³/mol. The first-order chi connectivity index (χ1) is 9.83. The Hall–Kier alpha value is -0.940. The van der Waals surface area contributed by atoms with Gasteiger partial charge in [0.1, 0.15) is 0 Å². The Morgan fingerprint density at radius 3 is 2.85 bits per heavy atom. The second-order valence-corrected chi connectivity index (χ2v) is 5.72. The lowest BCUT2D eigenvalue weighted by Crippen LogP contribution is -2.35. The summed E-state index contributed by atoms with van der Waals surface area (Å²) in [5.41, 5.74) is 1.04. The van der Waals surface area contributed by atoms with Gasteiger partial charge in [0, 0.05) is 25.3 Å². The average molecular weight is 279 g/mol.